The smallest absolute Gasteiger partial charge is 0.229 e. The van der Waals surface area contributed by atoms with Gasteiger partial charge in [-0.15, -0.1) is 11.3 Å². The van der Waals surface area contributed by atoms with Crippen LogP contribution in [-0.2, 0) is 4.79 Å². The van der Waals surface area contributed by atoms with Crippen LogP contribution < -0.4 is 15.5 Å². The highest BCUT2D eigenvalue weighted by Gasteiger charge is 2.23. The zero-order chi connectivity index (χ0) is 18.2. The van der Waals surface area contributed by atoms with Crippen molar-refractivity contribution in [2.24, 2.45) is 0 Å². The van der Waals surface area contributed by atoms with Gasteiger partial charge in [0.25, 0.3) is 0 Å². The summed E-state index contributed by atoms with van der Waals surface area (Å²) in [5.41, 5.74) is 2.82. The molecule has 2 aliphatic rings. The van der Waals surface area contributed by atoms with Crippen molar-refractivity contribution in [1.29, 1.82) is 0 Å². The van der Waals surface area contributed by atoms with Crippen LogP contribution in [0.4, 0.5) is 23.1 Å². The first-order valence-corrected chi connectivity index (χ1v) is 10.3. The number of amides is 1. The number of hydrogen-bond acceptors (Lipinski definition) is 6. The quantitative estimate of drug-likeness (QED) is 0.682. The number of piperidine rings is 1. The summed E-state index contributed by atoms with van der Waals surface area (Å²) in [7, 11) is 0. The number of fused-ring (bicyclic) bond motifs is 1. The number of rotatable bonds is 5. The molecule has 1 saturated heterocycles. The van der Waals surface area contributed by atoms with E-state index in [0.717, 1.165) is 46.8 Å². The van der Waals surface area contributed by atoms with Crippen LogP contribution in [0.1, 0.15) is 32.1 Å². The van der Waals surface area contributed by atoms with E-state index in [1.54, 1.807) is 11.3 Å². The summed E-state index contributed by atoms with van der Waals surface area (Å²) in [4.78, 5) is 23.3. The van der Waals surface area contributed by atoms with Gasteiger partial charge in [-0.2, -0.15) is 4.98 Å². The minimum Gasteiger partial charge on any atom is -0.366 e. The van der Waals surface area contributed by atoms with Crippen molar-refractivity contribution < 1.29 is 4.79 Å². The Morgan fingerprint density at radius 1 is 1.07 bits per heavy atom. The minimum absolute atomic E-state index is 0.212. The summed E-state index contributed by atoms with van der Waals surface area (Å²) in [6.07, 6.45) is 5.11. The fraction of sp³-hybridized carbons (Fsp3) is 0.350. The molecule has 6 nitrogen and oxygen atoms in total. The zero-order valence-corrected chi connectivity index (χ0v) is 15.8. The number of aromatic nitrogens is 2. The molecular weight excluding hydrogens is 358 g/mol. The molecule has 3 aromatic rings. The van der Waals surface area contributed by atoms with E-state index in [1.165, 1.54) is 12.8 Å². The van der Waals surface area contributed by atoms with Gasteiger partial charge in [-0.3, -0.25) is 4.79 Å². The van der Waals surface area contributed by atoms with Crippen molar-refractivity contribution >= 4 is 50.6 Å². The Balaban J connectivity index is 1.37. The molecule has 1 aromatic carbocycles. The first-order valence-electron chi connectivity index (χ1n) is 9.45. The van der Waals surface area contributed by atoms with Gasteiger partial charge in [-0.05, 0) is 61.4 Å². The topological polar surface area (TPSA) is 70.2 Å². The lowest BCUT2D eigenvalue weighted by Gasteiger charge is -2.26. The normalized spacial score (nSPS) is 17.3. The highest BCUT2D eigenvalue weighted by atomic mass is 32.1. The fourth-order valence-corrected chi connectivity index (χ4v) is 4.15. The van der Waals surface area contributed by atoms with E-state index in [0.29, 0.717) is 18.4 Å². The highest BCUT2D eigenvalue weighted by molar-refractivity contribution is 7.17. The summed E-state index contributed by atoms with van der Waals surface area (Å²) in [5, 5.41) is 8.85. The lowest BCUT2D eigenvalue weighted by atomic mass is 10.1. The third-order valence-electron chi connectivity index (χ3n) is 4.98. The SMILES string of the molecule is O=C1CCCCN1c1ccc(Nc2nc(NC3CC3)c3sccc3n2)cc1. The summed E-state index contributed by atoms with van der Waals surface area (Å²) in [6.45, 7) is 0.805. The van der Waals surface area contributed by atoms with Gasteiger partial charge in [-0.1, -0.05) is 0 Å². The van der Waals surface area contributed by atoms with E-state index in [-0.39, 0.29) is 5.91 Å². The third kappa shape index (κ3) is 3.47. The molecule has 7 heteroatoms. The molecular formula is C20H21N5OS. The van der Waals surface area contributed by atoms with Crippen LogP contribution in [0.5, 0.6) is 0 Å². The van der Waals surface area contributed by atoms with Gasteiger partial charge in [0.1, 0.15) is 5.82 Å². The van der Waals surface area contributed by atoms with Crippen molar-refractivity contribution in [3.8, 4) is 0 Å². The Hall–Kier alpha value is -2.67. The molecule has 1 aliphatic heterocycles. The van der Waals surface area contributed by atoms with Crippen LogP contribution in [0.3, 0.4) is 0 Å². The number of nitrogens with one attached hydrogen (secondary N) is 2. The van der Waals surface area contributed by atoms with Gasteiger partial charge in [0.15, 0.2) is 0 Å². The van der Waals surface area contributed by atoms with Crippen LogP contribution >= 0.6 is 11.3 Å². The molecule has 3 heterocycles. The molecule has 0 spiro atoms. The molecule has 0 unspecified atom stereocenters. The Labute approximate surface area is 161 Å². The molecule has 0 atom stereocenters. The van der Waals surface area contributed by atoms with Crippen molar-refractivity contribution in [1.82, 2.24) is 9.97 Å². The maximum atomic E-state index is 12.1. The summed E-state index contributed by atoms with van der Waals surface area (Å²) < 4.78 is 1.10. The second-order valence-electron chi connectivity index (χ2n) is 7.12. The van der Waals surface area contributed by atoms with Crippen LogP contribution in [0, 0.1) is 0 Å². The standard InChI is InChI=1S/C20H21N5OS/c26-17-3-1-2-11-25(17)15-8-6-14(7-9-15)22-20-23-16-10-12-27-18(16)19(24-20)21-13-4-5-13/h6-10,12-13H,1-5,11H2,(H2,21,22,23,24). The molecule has 0 bridgehead atoms. The number of hydrogen-bond donors (Lipinski definition) is 2. The molecule has 138 valence electrons. The Bertz CT molecular complexity index is 980. The lowest BCUT2D eigenvalue weighted by Crippen LogP contribution is -2.35. The van der Waals surface area contributed by atoms with Gasteiger partial charge in [0, 0.05) is 30.4 Å². The summed E-state index contributed by atoms with van der Waals surface area (Å²) in [5.74, 6) is 1.71. The zero-order valence-electron chi connectivity index (χ0n) is 14.9. The molecule has 2 fully saturated rings. The second-order valence-corrected chi connectivity index (χ2v) is 8.04. The Morgan fingerprint density at radius 2 is 1.93 bits per heavy atom. The molecule has 1 saturated carbocycles. The summed E-state index contributed by atoms with van der Waals surface area (Å²) >= 11 is 1.66. The van der Waals surface area contributed by atoms with E-state index in [2.05, 4.69) is 20.6 Å². The number of thiophene rings is 1. The van der Waals surface area contributed by atoms with Crippen molar-refractivity contribution in [3.63, 3.8) is 0 Å². The Kier molecular flexibility index (Phi) is 4.16. The molecule has 1 aliphatic carbocycles. The molecule has 27 heavy (non-hydrogen) atoms. The van der Waals surface area contributed by atoms with Gasteiger partial charge in [0.2, 0.25) is 11.9 Å². The maximum absolute atomic E-state index is 12.1. The first kappa shape index (κ1) is 16.5. The highest BCUT2D eigenvalue weighted by Crippen LogP contribution is 2.32. The van der Waals surface area contributed by atoms with Crippen LogP contribution in [0.2, 0.25) is 0 Å². The fourth-order valence-electron chi connectivity index (χ4n) is 3.37. The molecule has 5 rings (SSSR count). The minimum atomic E-state index is 0.212. The average Bonchev–Trinajstić information content (AvgIpc) is 3.36. The van der Waals surface area contributed by atoms with E-state index in [1.807, 2.05) is 40.6 Å². The van der Waals surface area contributed by atoms with E-state index >= 15 is 0 Å². The number of anilines is 4. The van der Waals surface area contributed by atoms with Gasteiger partial charge in [-0.25, -0.2) is 4.98 Å². The largest absolute Gasteiger partial charge is 0.366 e. The summed E-state index contributed by atoms with van der Waals surface area (Å²) in [6, 6.07) is 10.5. The van der Waals surface area contributed by atoms with Gasteiger partial charge < -0.3 is 15.5 Å². The number of benzene rings is 1. The predicted octanol–water partition coefficient (Wildman–Crippen LogP) is 4.53. The monoisotopic (exact) mass is 379 g/mol. The van der Waals surface area contributed by atoms with Crippen LogP contribution in [-0.4, -0.2) is 28.5 Å². The van der Waals surface area contributed by atoms with E-state index in [9.17, 15) is 4.79 Å². The van der Waals surface area contributed by atoms with Crippen LogP contribution in [0.15, 0.2) is 35.7 Å². The number of carbonyl (C=O) groups is 1. The molecule has 2 aromatic heterocycles. The second kappa shape index (κ2) is 6.81. The first-order chi connectivity index (χ1) is 13.3. The van der Waals surface area contributed by atoms with E-state index in [4.69, 9.17) is 0 Å². The lowest BCUT2D eigenvalue weighted by molar-refractivity contribution is -0.119. The maximum Gasteiger partial charge on any atom is 0.229 e. The van der Waals surface area contributed by atoms with E-state index < -0.39 is 0 Å². The van der Waals surface area contributed by atoms with Gasteiger partial charge in [0.05, 0.1) is 10.2 Å². The number of nitrogens with zero attached hydrogens (tertiary/aromatic N) is 3. The molecule has 1 amide bonds. The third-order valence-corrected chi connectivity index (χ3v) is 5.89. The molecule has 0 radical (unpaired) electrons. The Morgan fingerprint density at radius 3 is 2.70 bits per heavy atom. The van der Waals surface area contributed by atoms with Crippen molar-refractivity contribution in [3.05, 3.63) is 35.7 Å². The molecule has 2 N–H and O–H groups in total. The van der Waals surface area contributed by atoms with Crippen molar-refractivity contribution in [2.75, 3.05) is 22.1 Å². The van der Waals surface area contributed by atoms with Crippen molar-refractivity contribution in [2.45, 2.75) is 38.1 Å². The van der Waals surface area contributed by atoms with Crippen LogP contribution in [0.25, 0.3) is 10.2 Å². The number of carbonyl (C=O) groups excluding carboxylic acids is 1. The van der Waals surface area contributed by atoms with Gasteiger partial charge >= 0.3 is 0 Å². The predicted molar refractivity (Wildman–Crippen MR) is 110 cm³/mol. The average molecular weight is 379 g/mol.